The number of amides is 1. The van der Waals surface area contributed by atoms with Crippen LogP contribution in [0.2, 0.25) is 0 Å². The number of nitrogens with one attached hydrogen (secondary N) is 1. The van der Waals surface area contributed by atoms with E-state index >= 15 is 0 Å². The molecule has 28 heavy (non-hydrogen) atoms. The molecule has 0 unspecified atom stereocenters. The van der Waals surface area contributed by atoms with Gasteiger partial charge in [-0.15, -0.1) is 24.0 Å². The summed E-state index contributed by atoms with van der Waals surface area (Å²) in [6.07, 6.45) is 4.45. The minimum atomic E-state index is 0. The molecular formula is C18H29IN8O. The maximum Gasteiger partial charge on any atom is 0.246 e. The van der Waals surface area contributed by atoms with E-state index in [2.05, 4.69) is 27.4 Å². The first-order valence-electron chi connectivity index (χ1n) is 9.14. The van der Waals surface area contributed by atoms with Gasteiger partial charge in [-0.25, -0.2) is 0 Å². The average Bonchev–Trinajstić information content (AvgIpc) is 3.16. The number of hydrogen-bond donors (Lipinski definition) is 1. The molecule has 3 heterocycles. The molecule has 1 saturated heterocycles. The molecule has 1 aliphatic heterocycles. The van der Waals surface area contributed by atoms with Gasteiger partial charge in [0.15, 0.2) is 5.96 Å². The van der Waals surface area contributed by atoms with Crippen molar-refractivity contribution in [2.24, 2.45) is 19.1 Å². The number of rotatable bonds is 4. The summed E-state index contributed by atoms with van der Waals surface area (Å²) in [6.45, 7) is 6.52. The summed E-state index contributed by atoms with van der Waals surface area (Å²) < 4.78 is 3.62. The Morgan fingerprint density at radius 1 is 1.29 bits per heavy atom. The van der Waals surface area contributed by atoms with Gasteiger partial charge in [-0.3, -0.25) is 19.2 Å². The highest BCUT2D eigenvalue weighted by Gasteiger charge is 2.27. The number of aryl methyl sites for hydroxylation is 3. The number of hydrogen-bond acceptors (Lipinski definition) is 4. The zero-order valence-electron chi connectivity index (χ0n) is 17.1. The van der Waals surface area contributed by atoms with Crippen LogP contribution < -0.4 is 10.2 Å². The van der Waals surface area contributed by atoms with Crippen molar-refractivity contribution in [3.05, 3.63) is 29.3 Å². The number of aliphatic imine (C=N–C) groups is 1. The molecule has 9 nitrogen and oxygen atoms in total. The minimum Gasteiger partial charge on any atom is -0.356 e. The Morgan fingerprint density at radius 3 is 2.57 bits per heavy atom. The normalized spacial score (nSPS) is 15.0. The van der Waals surface area contributed by atoms with Gasteiger partial charge in [-0.2, -0.15) is 10.2 Å². The number of nitrogens with zero attached hydrogens (tertiary/aromatic N) is 7. The van der Waals surface area contributed by atoms with E-state index in [1.165, 1.54) is 11.3 Å². The van der Waals surface area contributed by atoms with Gasteiger partial charge in [0, 0.05) is 52.7 Å². The summed E-state index contributed by atoms with van der Waals surface area (Å²) in [5, 5.41) is 12.0. The monoisotopic (exact) mass is 500 g/mol. The van der Waals surface area contributed by atoms with Crippen LogP contribution in [-0.4, -0.2) is 69.6 Å². The van der Waals surface area contributed by atoms with Crippen LogP contribution in [0.3, 0.4) is 0 Å². The molecule has 1 amide bonds. The smallest absolute Gasteiger partial charge is 0.246 e. The lowest BCUT2D eigenvalue weighted by Crippen LogP contribution is -2.55. The first-order valence-corrected chi connectivity index (χ1v) is 9.14. The molecule has 1 aliphatic rings. The lowest BCUT2D eigenvalue weighted by Gasteiger charge is -2.35. The first-order chi connectivity index (χ1) is 12.9. The van der Waals surface area contributed by atoms with Crippen molar-refractivity contribution in [2.45, 2.75) is 20.3 Å². The van der Waals surface area contributed by atoms with Crippen LogP contribution in [0.1, 0.15) is 17.0 Å². The Hall–Kier alpha value is -2.11. The molecule has 154 valence electrons. The van der Waals surface area contributed by atoms with Crippen LogP contribution in [0.4, 0.5) is 5.69 Å². The van der Waals surface area contributed by atoms with Crippen LogP contribution in [0, 0.1) is 13.8 Å². The van der Waals surface area contributed by atoms with E-state index < -0.39 is 0 Å². The lowest BCUT2D eigenvalue weighted by molar-refractivity contribution is -0.120. The largest absolute Gasteiger partial charge is 0.356 e. The minimum absolute atomic E-state index is 0. The van der Waals surface area contributed by atoms with E-state index in [4.69, 9.17) is 0 Å². The Kier molecular flexibility index (Phi) is 7.44. The molecule has 3 rings (SSSR count). The Morgan fingerprint density at radius 2 is 2.04 bits per heavy atom. The molecule has 0 aliphatic carbocycles. The number of carbonyl (C=O) groups is 1. The van der Waals surface area contributed by atoms with Gasteiger partial charge < -0.3 is 15.1 Å². The van der Waals surface area contributed by atoms with Crippen molar-refractivity contribution < 1.29 is 4.79 Å². The van der Waals surface area contributed by atoms with E-state index in [1.54, 1.807) is 22.8 Å². The van der Waals surface area contributed by atoms with Crippen LogP contribution >= 0.6 is 24.0 Å². The zero-order chi connectivity index (χ0) is 19.6. The quantitative estimate of drug-likeness (QED) is 0.383. The highest BCUT2D eigenvalue weighted by molar-refractivity contribution is 14.0. The van der Waals surface area contributed by atoms with Crippen LogP contribution in [-0.2, 0) is 25.3 Å². The summed E-state index contributed by atoms with van der Waals surface area (Å²) in [7, 11) is 5.56. The fourth-order valence-corrected chi connectivity index (χ4v) is 3.49. The van der Waals surface area contributed by atoms with Crippen molar-refractivity contribution in [2.75, 3.05) is 38.1 Å². The Balaban J connectivity index is 0.00000280. The van der Waals surface area contributed by atoms with Gasteiger partial charge in [0.25, 0.3) is 0 Å². The van der Waals surface area contributed by atoms with E-state index in [1.807, 2.05) is 36.8 Å². The fourth-order valence-electron chi connectivity index (χ4n) is 3.49. The maximum absolute atomic E-state index is 12.6. The number of guanidine groups is 1. The summed E-state index contributed by atoms with van der Waals surface area (Å²) >= 11 is 0. The van der Waals surface area contributed by atoms with Crippen molar-refractivity contribution in [3.8, 4) is 0 Å². The fraction of sp³-hybridized carbons (Fsp3) is 0.556. The molecule has 1 fully saturated rings. The molecule has 2 aromatic rings. The van der Waals surface area contributed by atoms with Crippen molar-refractivity contribution in [3.63, 3.8) is 0 Å². The third-order valence-electron chi connectivity index (χ3n) is 5.05. The molecule has 0 bridgehead atoms. The maximum atomic E-state index is 12.6. The SMILES string of the molecule is CN=C(NCCc1c(C)nn(C)c1C)N1CCN(c2cnn(C)c2)C(=O)C1.I. The highest BCUT2D eigenvalue weighted by Crippen LogP contribution is 2.16. The molecule has 0 spiro atoms. The summed E-state index contributed by atoms with van der Waals surface area (Å²) in [5.41, 5.74) is 4.35. The molecule has 0 radical (unpaired) electrons. The number of piperazine rings is 1. The van der Waals surface area contributed by atoms with Crippen molar-refractivity contribution in [1.29, 1.82) is 0 Å². The summed E-state index contributed by atoms with van der Waals surface area (Å²) in [4.78, 5) is 20.7. The van der Waals surface area contributed by atoms with Crippen LogP contribution in [0.25, 0.3) is 0 Å². The number of carbonyl (C=O) groups excluding carboxylic acids is 1. The van der Waals surface area contributed by atoms with Crippen molar-refractivity contribution >= 4 is 41.5 Å². The molecular weight excluding hydrogens is 471 g/mol. The lowest BCUT2D eigenvalue weighted by atomic mass is 10.1. The zero-order valence-corrected chi connectivity index (χ0v) is 19.5. The topological polar surface area (TPSA) is 83.6 Å². The molecule has 0 aromatic carbocycles. The standard InChI is InChI=1S/C18H28N8O.HI/c1-13-16(14(2)24(5)22-13)6-7-20-18(19-3)25-8-9-26(17(27)12-25)15-10-21-23(4)11-15;/h10-11H,6-9,12H2,1-5H3,(H,19,20);1H. The average molecular weight is 500 g/mol. The molecule has 2 aromatic heterocycles. The highest BCUT2D eigenvalue weighted by atomic mass is 127. The van der Waals surface area contributed by atoms with Gasteiger partial charge in [0.1, 0.15) is 6.54 Å². The predicted octanol–water partition coefficient (Wildman–Crippen LogP) is 0.855. The number of anilines is 1. The third kappa shape index (κ3) is 4.65. The van der Waals surface area contributed by atoms with E-state index in [0.29, 0.717) is 13.1 Å². The summed E-state index contributed by atoms with van der Waals surface area (Å²) in [5.74, 6) is 0.810. The molecule has 10 heteroatoms. The van der Waals surface area contributed by atoms with Crippen molar-refractivity contribution in [1.82, 2.24) is 29.8 Å². The summed E-state index contributed by atoms with van der Waals surface area (Å²) in [6, 6.07) is 0. The van der Waals surface area contributed by atoms with E-state index in [9.17, 15) is 4.79 Å². The van der Waals surface area contributed by atoms with Gasteiger partial charge in [0.2, 0.25) is 5.91 Å². The second-order valence-electron chi connectivity index (χ2n) is 6.84. The van der Waals surface area contributed by atoms with Crippen LogP contribution in [0.5, 0.6) is 0 Å². The van der Waals surface area contributed by atoms with Gasteiger partial charge in [0.05, 0.1) is 17.6 Å². The van der Waals surface area contributed by atoms with E-state index in [0.717, 1.165) is 36.9 Å². The second-order valence-corrected chi connectivity index (χ2v) is 6.84. The van der Waals surface area contributed by atoms with Gasteiger partial charge in [-0.05, 0) is 25.8 Å². The number of aromatic nitrogens is 4. The molecule has 0 atom stereocenters. The first kappa shape index (κ1) is 22.2. The van der Waals surface area contributed by atoms with Crippen LogP contribution in [0.15, 0.2) is 17.4 Å². The number of halogens is 1. The molecule has 1 N–H and O–H groups in total. The Bertz CT molecular complexity index is 856. The van der Waals surface area contributed by atoms with E-state index in [-0.39, 0.29) is 29.9 Å². The Labute approximate surface area is 182 Å². The van der Waals surface area contributed by atoms with Gasteiger partial charge >= 0.3 is 0 Å². The van der Waals surface area contributed by atoms with Gasteiger partial charge in [-0.1, -0.05) is 0 Å². The predicted molar refractivity (Wildman–Crippen MR) is 120 cm³/mol. The second kappa shape index (κ2) is 9.39. The molecule has 0 saturated carbocycles. The third-order valence-corrected chi connectivity index (χ3v) is 5.05.